The zero-order valence-corrected chi connectivity index (χ0v) is 18.6. The Balaban J connectivity index is 1.34. The summed E-state index contributed by atoms with van der Waals surface area (Å²) in [5.74, 6) is 0.843. The van der Waals surface area contributed by atoms with Crippen LogP contribution in [0.25, 0.3) is 33.4 Å². The minimum absolute atomic E-state index is 0.0218. The summed E-state index contributed by atoms with van der Waals surface area (Å²) in [6.45, 7) is 6.74. The molecule has 3 N–H and O–H groups in total. The van der Waals surface area contributed by atoms with E-state index in [1.54, 1.807) is 6.33 Å². The van der Waals surface area contributed by atoms with Crippen molar-refractivity contribution in [3.05, 3.63) is 60.8 Å². The van der Waals surface area contributed by atoms with Gasteiger partial charge < -0.3 is 20.2 Å². The van der Waals surface area contributed by atoms with Crippen molar-refractivity contribution < 1.29 is 4.79 Å². The van der Waals surface area contributed by atoms with Gasteiger partial charge in [-0.05, 0) is 62.4 Å². The van der Waals surface area contributed by atoms with Crippen LogP contribution in [0.1, 0.15) is 45.5 Å². The molecule has 32 heavy (non-hydrogen) atoms. The Hall–Kier alpha value is -3.61. The van der Waals surface area contributed by atoms with Gasteiger partial charge >= 0.3 is 6.03 Å². The fourth-order valence-electron chi connectivity index (χ4n) is 4.30. The lowest BCUT2D eigenvalue weighted by atomic mass is 10.0. The van der Waals surface area contributed by atoms with E-state index in [4.69, 9.17) is 0 Å². The third kappa shape index (κ3) is 3.98. The lowest BCUT2D eigenvalue weighted by Crippen LogP contribution is -2.48. The van der Waals surface area contributed by atoms with Gasteiger partial charge in [0.25, 0.3) is 0 Å². The summed E-state index contributed by atoms with van der Waals surface area (Å²) in [6.07, 6.45) is 5.47. The van der Waals surface area contributed by atoms with Crippen molar-refractivity contribution in [2.45, 2.75) is 45.2 Å². The maximum absolute atomic E-state index is 12.7. The van der Waals surface area contributed by atoms with Gasteiger partial charge in [0.2, 0.25) is 0 Å². The highest BCUT2D eigenvalue weighted by molar-refractivity contribution is 5.82. The van der Waals surface area contributed by atoms with Crippen LogP contribution < -0.4 is 5.32 Å². The van der Waals surface area contributed by atoms with E-state index >= 15 is 0 Å². The number of hydrogen-bond acceptors (Lipinski definition) is 3. The van der Waals surface area contributed by atoms with E-state index < -0.39 is 0 Å². The highest BCUT2D eigenvalue weighted by Crippen LogP contribution is 2.32. The first kappa shape index (κ1) is 20.3. The Morgan fingerprint density at radius 1 is 1.06 bits per heavy atom. The molecule has 164 valence electrons. The van der Waals surface area contributed by atoms with Crippen molar-refractivity contribution in [3.8, 4) is 22.4 Å². The van der Waals surface area contributed by atoms with Crippen LogP contribution in [0.15, 0.2) is 55.0 Å². The fraction of sp³-hybridized carbons (Fsp3) is 0.320. The largest absolute Gasteiger partial charge is 0.345 e. The number of imidazole rings is 2. The molecule has 3 heterocycles. The second kappa shape index (κ2) is 7.82. The van der Waals surface area contributed by atoms with E-state index in [9.17, 15) is 4.79 Å². The Bertz CT molecular complexity index is 1250. The Kier molecular flexibility index (Phi) is 4.96. The number of aromatic nitrogens is 4. The quantitative estimate of drug-likeness (QED) is 0.415. The van der Waals surface area contributed by atoms with Gasteiger partial charge in [0.15, 0.2) is 0 Å². The molecule has 0 spiro atoms. The van der Waals surface area contributed by atoms with Crippen LogP contribution >= 0.6 is 0 Å². The van der Waals surface area contributed by atoms with Gasteiger partial charge in [-0.1, -0.05) is 30.3 Å². The van der Waals surface area contributed by atoms with E-state index in [2.05, 4.69) is 61.7 Å². The lowest BCUT2D eigenvalue weighted by Gasteiger charge is -2.28. The molecule has 0 saturated carbocycles. The number of urea groups is 1. The van der Waals surface area contributed by atoms with Gasteiger partial charge in [0.1, 0.15) is 5.82 Å². The molecule has 2 amide bonds. The number of nitrogens with zero attached hydrogens (tertiary/aromatic N) is 3. The van der Waals surface area contributed by atoms with Crippen molar-refractivity contribution >= 4 is 17.1 Å². The van der Waals surface area contributed by atoms with Crippen LogP contribution in [0, 0.1) is 0 Å². The number of carbonyl (C=O) groups excluding carboxylic acids is 1. The molecule has 2 aromatic carbocycles. The molecule has 1 atom stereocenters. The summed E-state index contributed by atoms with van der Waals surface area (Å²) in [7, 11) is 0. The van der Waals surface area contributed by atoms with Crippen molar-refractivity contribution in [3.63, 3.8) is 0 Å². The predicted molar refractivity (Wildman–Crippen MR) is 126 cm³/mol. The first-order valence-electron chi connectivity index (χ1n) is 11.0. The summed E-state index contributed by atoms with van der Waals surface area (Å²) >= 11 is 0. The van der Waals surface area contributed by atoms with E-state index in [0.29, 0.717) is 0 Å². The molecule has 2 aromatic heterocycles. The Labute approximate surface area is 187 Å². The molecule has 0 aliphatic carbocycles. The van der Waals surface area contributed by atoms with Gasteiger partial charge in [-0.2, -0.15) is 0 Å². The minimum atomic E-state index is -0.262. The van der Waals surface area contributed by atoms with Crippen LogP contribution in [-0.4, -0.2) is 43.0 Å². The van der Waals surface area contributed by atoms with Crippen molar-refractivity contribution in [1.82, 2.24) is 30.2 Å². The first-order valence-corrected chi connectivity index (χ1v) is 11.0. The molecule has 1 unspecified atom stereocenters. The van der Waals surface area contributed by atoms with E-state index in [1.807, 2.05) is 37.9 Å². The van der Waals surface area contributed by atoms with E-state index in [-0.39, 0.29) is 17.6 Å². The number of rotatable bonds is 3. The van der Waals surface area contributed by atoms with Crippen LogP contribution in [-0.2, 0) is 0 Å². The van der Waals surface area contributed by atoms with Gasteiger partial charge in [0, 0.05) is 12.1 Å². The standard InChI is InChI=1S/C25H28N6O/c1-25(2,3)30-24(32)31-12-4-5-22(31)23-26-14-21(29-23)17-8-6-16(7-9-17)18-10-11-19-20(13-18)28-15-27-19/h6-11,13-15,22H,4-5,12H2,1-3H3,(H,26,29)(H,27,28)(H,30,32). The zero-order valence-electron chi connectivity index (χ0n) is 18.6. The molecule has 7 heteroatoms. The monoisotopic (exact) mass is 428 g/mol. The van der Waals surface area contributed by atoms with Gasteiger partial charge in [0.05, 0.1) is 35.3 Å². The van der Waals surface area contributed by atoms with Crippen LogP contribution in [0.2, 0.25) is 0 Å². The molecule has 7 nitrogen and oxygen atoms in total. The van der Waals surface area contributed by atoms with Crippen molar-refractivity contribution in [2.24, 2.45) is 0 Å². The number of benzene rings is 2. The van der Waals surface area contributed by atoms with E-state index in [0.717, 1.165) is 58.6 Å². The maximum atomic E-state index is 12.7. The SMILES string of the molecule is CC(C)(C)NC(=O)N1CCCC1c1ncc(-c2ccc(-c3ccc4nc[nH]c4c3)cc2)[nH]1. The number of H-pyrrole nitrogens is 2. The minimum Gasteiger partial charge on any atom is -0.345 e. The number of nitrogens with one attached hydrogen (secondary N) is 3. The Morgan fingerprint density at radius 3 is 2.59 bits per heavy atom. The summed E-state index contributed by atoms with van der Waals surface area (Å²) in [5, 5.41) is 3.07. The topological polar surface area (TPSA) is 89.7 Å². The molecule has 4 aromatic rings. The molecule has 1 saturated heterocycles. The van der Waals surface area contributed by atoms with Crippen LogP contribution in [0.3, 0.4) is 0 Å². The van der Waals surface area contributed by atoms with Crippen LogP contribution in [0.5, 0.6) is 0 Å². The predicted octanol–water partition coefficient (Wildman–Crippen LogP) is 5.27. The lowest BCUT2D eigenvalue weighted by molar-refractivity contribution is 0.182. The van der Waals surface area contributed by atoms with Gasteiger partial charge in [-0.25, -0.2) is 14.8 Å². The second-order valence-electron chi connectivity index (χ2n) is 9.43. The molecule has 1 aliphatic rings. The number of carbonyl (C=O) groups is 1. The number of hydrogen-bond donors (Lipinski definition) is 3. The molecular weight excluding hydrogens is 400 g/mol. The fourth-order valence-corrected chi connectivity index (χ4v) is 4.30. The normalized spacial score (nSPS) is 16.6. The third-order valence-electron chi connectivity index (χ3n) is 5.86. The first-order chi connectivity index (χ1) is 15.4. The highest BCUT2D eigenvalue weighted by Gasteiger charge is 2.33. The summed E-state index contributed by atoms with van der Waals surface area (Å²) in [4.78, 5) is 30.1. The molecule has 5 rings (SSSR count). The summed E-state index contributed by atoms with van der Waals surface area (Å²) in [6, 6.07) is 14.6. The average Bonchev–Trinajstić information content (AvgIpc) is 3.52. The van der Waals surface area contributed by atoms with Gasteiger partial charge in [-0.3, -0.25) is 0 Å². The Morgan fingerprint density at radius 2 is 1.81 bits per heavy atom. The van der Waals surface area contributed by atoms with Crippen molar-refractivity contribution in [1.29, 1.82) is 0 Å². The van der Waals surface area contributed by atoms with E-state index in [1.165, 1.54) is 0 Å². The number of amides is 2. The highest BCUT2D eigenvalue weighted by atomic mass is 16.2. The number of aromatic amines is 2. The zero-order chi connectivity index (χ0) is 22.3. The molecule has 1 fully saturated rings. The third-order valence-corrected chi connectivity index (χ3v) is 5.86. The maximum Gasteiger partial charge on any atom is 0.318 e. The van der Waals surface area contributed by atoms with Gasteiger partial charge in [-0.15, -0.1) is 0 Å². The molecule has 0 bridgehead atoms. The summed E-state index contributed by atoms with van der Waals surface area (Å²) < 4.78 is 0. The molecular formula is C25H28N6O. The summed E-state index contributed by atoms with van der Waals surface area (Å²) in [5.41, 5.74) is 6.05. The number of fused-ring (bicyclic) bond motifs is 1. The van der Waals surface area contributed by atoms with Crippen LogP contribution in [0.4, 0.5) is 4.79 Å². The average molecular weight is 429 g/mol. The second-order valence-corrected chi connectivity index (χ2v) is 9.43. The van der Waals surface area contributed by atoms with Crippen molar-refractivity contribution in [2.75, 3.05) is 6.54 Å². The number of likely N-dealkylation sites (tertiary alicyclic amines) is 1. The smallest absolute Gasteiger partial charge is 0.318 e. The molecule has 1 aliphatic heterocycles. The molecule has 0 radical (unpaired) electrons.